The first-order valence-corrected chi connectivity index (χ1v) is 8.90. The molecule has 9 heteroatoms. The van der Waals surface area contributed by atoms with Crippen LogP contribution in [0.2, 0.25) is 0 Å². The van der Waals surface area contributed by atoms with E-state index >= 15 is 0 Å². The van der Waals surface area contributed by atoms with Gasteiger partial charge in [0, 0.05) is 19.0 Å². The third kappa shape index (κ3) is 5.11. The fourth-order valence-corrected chi connectivity index (χ4v) is 2.92. The minimum Gasteiger partial charge on any atom is -0.445 e. The minimum atomic E-state index is -3.06. The average Bonchev–Trinajstić information content (AvgIpc) is 2.67. The van der Waals surface area contributed by atoms with Gasteiger partial charge in [0.05, 0.1) is 24.6 Å². The van der Waals surface area contributed by atoms with E-state index in [-0.39, 0.29) is 26.1 Å². The predicted octanol–water partition coefficient (Wildman–Crippen LogP) is 3.63. The van der Waals surface area contributed by atoms with E-state index in [2.05, 4.69) is 15.3 Å². The Kier molecular flexibility index (Phi) is 6.01. The van der Waals surface area contributed by atoms with Crippen molar-refractivity contribution < 1.29 is 22.7 Å². The van der Waals surface area contributed by atoms with E-state index in [1.165, 1.54) is 30.5 Å². The molecule has 150 valence electrons. The summed E-state index contributed by atoms with van der Waals surface area (Å²) < 4.78 is 46.9. The van der Waals surface area contributed by atoms with Crippen LogP contribution in [0.5, 0.6) is 0 Å². The number of amides is 1. The molecular formula is C19H21F3N4O2. The zero-order chi connectivity index (χ0) is 20.1. The van der Waals surface area contributed by atoms with Gasteiger partial charge in [0.15, 0.2) is 0 Å². The standard InChI is InChI=1S/C19H21F3N4O2/c1-13-8-24-17(10-23-13)25-9-15-6-7-26(12-19(15,21)22)18(27)28-11-14-2-4-16(20)5-3-14/h2-5,8,10,15H,6-7,9,11-12H2,1H3,(H,24,25)/t15-/m1/s1. The third-order valence-electron chi connectivity index (χ3n) is 4.59. The lowest BCUT2D eigenvalue weighted by atomic mass is 9.93. The number of carbonyl (C=O) groups is 1. The zero-order valence-electron chi connectivity index (χ0n) is 15.4. The Morgan fingerprint density at radius 1 is 1.29 bits per heavy atom. The molecule has 28 heavy (non-hydrogen) atoms. The number of alkyl halides is 2. The fraction of sp³-hybridized carbons (Fsp3) is 0.421. The van der Waals surface area contributed by atoms with E-state index in [0.717, 1.165) is 10.6 Å². The number of rotatable bonds is 5. The Hall–Kier alpha value is -2.84. The lowest BCUT2D eigenvalue weighted by Gasteiger charge is -2.37. The monoisotopic (exact) mass is 394 g/mol. The Morgan fingerprint density at radius 2 is 2.04 bits per heavy atom. The maximum absolute atomic E-state index is 14.5. The van der Waals surface area contributed by atoms with Gasteiger partial charge in [0.1, 0.15) is 18.2 Å². The molecule has 0 radical (unpaired) electrons. The molecule has 0 spiro atoms. The molecule has 0 unspecified atom stereocenters. The van der Waals surface area contributed by atoms with Gasteiger partial charge in [-0.05, 0) is 31.0 Å². The molecule has 1 fully saturated rings. The second kappa shape index (κ2) is 8.45. The first-order chi connectivity index (χ1) is 13.3. The van der Waals surface area contributed by atoms with Crippen molar-refractivity contribution in [2.24, 2.45) is 5.92 Å². The molecule has 2 aromatic rings. The predicted molar refractivity (Wildman–Crippen MR) is 96.5 cm³/mol. The number of carbonyl (C=O) groups excluding carboxylic acids is 1. The van der Waals surface area contributed by atoms with Gasteiger partial charge in [-0.25, -0.2) is 22.9 Å². The second-order valence-electron chi connectivity index (χ2n) is 6.77. The summed E-state index contributed by atoms with van der Waals surface area (Å²) >= 11 is 0. The zero-order valence-corrected chi connectivity index (χ0v) is 15.4. The Morgan fingerprint density at radius 3 is 2.68 bits per heavy atom. The van der Waals surface area contributed by atoms with E-state index in [0.29, 0.717) is 11.4 Å². The van der Waals surface area contributed by atoms with Gasteiger partial charge < -0.3 is 15.0 Å². The summed E-state index contributed by atoms with van der Waals surface area (Å²) in [5.74, 6) is -3.96. The number of hydrogen-bond donors (Lipinski definition) is 1. The number of aromatic nitrogens is 2. The van der Waals surface area contributed by atoms with Crippen LogP contribution < -0.4 is 5.32 Å². The molecule has 1 atom stereocenters. The highest BCUT2D eigenvalue weighted by Gasteiger charge is 2.46. The number of nitrogens with zero attached hydrogens (tertiary/aromatic N) is 3. The number of piperidine rings is 1. The normalized spacial score (nSPS) is 18.6. The molecule has 0 saturated carbocycles. The molecule has 1 aromatic carbocycles. The summed E-state index contributed by atoms with van der Waals surface area (Å²) in [7, 11) is 0. The Labute approximate surface area is 160 Å². The van der Waals surface area contributed by atoms with Crippen LogP contribution in [0.15, 0.2) is 36.7 Å². The molecule has 1 aliphatic heterocycles. The van der Waals surface area contributed by atoms with Gasteiger partial charge in [0.25, 0.3) is 5.92 Å². The third-order valence-corrected chi connectivity index (χ3v) is 4.59. The van der Waals surface area contributed by atoms with Crippen molar-refractivity contribution >= 4 is 11.9 Å². The maximum Gasteiger partial charge on any atom is 0.410 e. The fourth-order valence-electron chi connectivity index (χ4n) is 2.92. The first-order valence-electron chi connectivity index (χ1n) is 8.90. The van der Waals surface area contributed by atoms with E-state index in [9.17, 15) is 18.0 Å². The first kappa shape index (κ1) is 19.9. The highest BCUT2D eigenvalue weighted by molar-refractivity contribution is 5.68. The lowest BCUT2D eigenvalue weighted by Crippen LogP contribution is -2.52. The van der Waals surface area contributed by atoms with E-state index in [1.807, 2.05) is 0 Å². The molecule has 0 aliphatic carbocycles. The van der Waals surface area contributed by atoms with Crippen LogP contribution >= 0.6 is 0 Å². The second-order valence-corrected chi connectivity index (χ2v) is 6.77. The minimum absolute atomic E-state index is 0.0310. The molecule has 1 N–H and O–H groups in total. The van der Waals surface area contributed by atoms with Crippen molar-refractivity contribution in [2.45, 2.75) is 25.9 Å². The maximum atomic E-state index is 14.5. The highest BCUT2D eigenvalue weighted by Crippen LogP contribution is 2.33. The van der Waals surface area contributed by atoms with Crippen LogP contribution in [-0.4, -0.2) is 46.5 Å². The number of halogens is 3. The summed E-state index contributed by atoms with van der Waals surface area (Å²) in [4.78, 5) is 21.3. The Bertz CT molecular complexity index is 800. The number of hydrogen-bond acceptors (Lipinski definition) is 5. The number of ether oxygens (including phenoxy) is 1. The van der Waals surface area contributed by atoms with Crippen molar-refractivity contribution in [1.82, 2.24) is 14.9 Å². The highest BCUT2D eigenvalue weighted by atomic mass is 19.3. The molecule has 1 aromatic heterocycles. The average molecular weight is 394 g/mol. The number of aryl methyl sites for hydroxylation is 1. The topological polar surface area (TPSA) is 67.4 Å². The SMILES string of the molecule is Cc1cnc(NC[C@H]2CCN(C(=O)OCc3ccc(F)cc3)CC2(F)F)cn1. The number of benzene rings is 1. The van der Waals surface area contributed by atoms with Gasteiger partial charge in [-0.3, -0.25) is 4.98 Å². The largest absolute Gasteiger partial charge is 0.445 e. The van der Waals surface area contributed by atoms with Crippen molar-refractivity contribution in [3.8, 4) is 0 Å². The molecule has 0 bridgehead atoms. The van der Waals surface area contributed by atoms with Crippen molar-refractivity contribution in [3.63, 3.8) is 0 Å². The van der Waals surface area contributed by atoms with Crippen LogP contribution in [0.1, 0.15) is 17.7 Å². The van der Waals surface area contributed by atoms with Gasteiger partial charge in [-0.15, -0.1) is 0 Å². The Balaban J connectivity index is 1.49. The van der Waals surface area contributed by atoms with Crippen LogP contribution in [0.3, 0.4) is 0 Å². The molecule has 1 aliphatic rings. The van der Waals surface area contributed by atoms with Gasteiger partial charge in [0.2, 0.25) is 0 Å². The number of nitrogens with one attached hydrogen (secondary N) is 1. The van der Waals surface area contributed by atoms with Crippen LogP contribution in [0.25, 0.3) is 0 Å². The van der Waals surface area contributed by atoms with E-state index < -0.39 is 30.3 Å². The molecule has 2 heterocycles. The summed E-state index contributed by atoms with van der Waals surface area (Å²) in [5, 5.41) is 2.87. The molecule has 1 amide bonds. The van der Waals surface area contributed by atoms with Gasteiger partial charge in [-0.1, -0.05) is 12.1 Å². The van der Waals surface area contributed by atoms with Crippen molar-refractivity contribution in [3.05, 3.63) is 53.7 Å². The molecule has 3 rings (SSSR count). The molecule has 6 nitrogen and oxygen atoms in total. The van der Waals surface area contributed by atoms with Gasteiger partial charge >= 0.3 is 6.09 Å². The summed E-state index contributed by atoms with van der Waals surface area (Å²) in [5.41, 5.74) is 1.32. The summed E-state index contributed by atoms with van der Waals surface area (Å²) in [6.07, 6.45) is 2.38. The summed E-state index contributed by atoms with van der Waals surface area (Å²) in [6.45, 7) is 1.18. The summed E-state index contributed by atoms with van der Waals surface area (Å²) in [6, 6.07) is 5.44. The smallest absolute Gasteiger partial charge is 0.410 e. The van der Waals surface area contributed by atoms with E-state index in [4.69, 9.17) is 4.74 Å². The quantitative estimate of drug-likeness (QED) is 0.839. The molecule has 1 saturated heterocycles. The van der Waals surface area contributed by atoms with Crippen LogP contribution in [0.4, 0.5) is 23.8 Å². The molecular weight excluding hydrogens is 373 g/mol. The van der Waals surface area contributed by atoms with Gasteiger partial charge in [-0.2, -0.15) is 0 Å². The number of likely N-dealkylation sites (tertiary alicyclic amines) is 1. The van der Waals surface area contributed by atoms with Crippen LogP contribution in [-0.2, 0) is 11.3 Å². The lowest BCUT2D eigenvalue weighted by molar-refractivity contribution is -0.101. The van der Waals surface area contributed by atoms with Crippen LogP contribution in [0, 0.1) is 18.7 Å². The van der Waals surface area contributed by atoms with E-state index in [1.54, 1.807) is 13.1 Å². The number of anilines is 1. The van der Waals surface area contributed by atoms with Crippen molar-refractivity contribution in [1.29, 1.82) is 0 Å². The van der Waals surface area contributed by atoms with Crippen molar-refractivity contribution in [2.75, 3.05) is 25.0 Å².